The fourth-order valence-corrected chi connectivity index (χ4v) is 4.73. The van der Waals surface area contributed by atoms with Crippen molar-refractivity contribution in [2.75, 3.05) is 13.1 Å². The Morgan fingerprint density at radius 3 is 2.80 bits per heavy atom. The zero-order chi connectivity index (χ0) is 19.1. The predicted molar refractivity (Wildman–Crippen MR) is 125 cm³/mol. The van der Waals surface area contributed by atoms with E-state index >= 15 is 0 Å². The molecule has 1 fully saturated rings. The first-order valence-electron chi connectivity index (χ1n) is 9.56. The standard InChI is InChI=1S/C21H21BrN4O2.2ClH/c22-14-4-5-18-16(10-14)17(11-21(28-18)6-8-23-9-7-21)25-20(27)15-3-1-2-13-12-24-26-19(13)15;;/h1-5,10,12,17,23H,6-9,11H2,(H,24,26)(H,25,27);2*1H. The Hall–Kier alpha value is -1.80. The lowest BCUT2D eigenvalue weighted by molar-refractivity contribution is 0.00362. The first-order chi connectivity index (χ1) is 13.6. The van der Waals surface area contributed by atoms with Crippen LogP contribution in [0.5, 0.6) is 5.75 Å². The molecule has 1 unspecified atom stereocenters. The fourth-order valence-electron chi connectivity index (χ4n) is 4.35. The fraction of sp³-hybridized carbons (Fsp3) is 0.333. The smallest absolute Gasteiger partial charge is 0.253 e. The number of aromatic nitrogens is 2. The average molecular weight is 514 g/mol. The van der Waals surface area contributed by atoms with E-state index < -0.39 is 0 Å². The van der Waals surface area contributed by atoms with Gasteiger partial charge in [-0.3, -0.25) is 9.89 Å². The van der Waals surface area contributed by atoms with Crippen molar-refractivity contribution in [3.63, 3.8) is 0 Å². The van der Waals surface area contributed by atoms with Gasteiger partial charge in [-0.05, 0) is 50.2 Å². The Kier molecular flexibility index (Phi) is 6.97. The Morgan fingerprint density at radius 1 is 1.20 bits per heavy atom. The van der Waals surface area contributed by atoms with Gasteiger partial charge < -0.3 is 15.4 Å². The number of carbonyl (C=O) groups excluding carboxylic acids is 1. The zero-order valence-corrected chi connectivity index (χ0v) is 19.3. The number of aromatic amines is 1. The highest BCUT2D eigenvalue weighted by atomic mass is 79.9. The van der Waals surface area contributed by atoms with Gasteiger partial charge in [0, 0.05) is 21.8 Å². The summed E-state index contributed by atoms with van der Waals surface area (Å²) in [6.45, 7) is 1.86. The van der Waals surface area contributed by atoms with Crippen molar-refractivity contribution < 1.29 is 9.53 Å². The molecule has 1 atom stereocenters. The molecular weight excluding hydrogens is 491 g/mol. The molecular formula is C21H23BrCl2N4O2. The van der Waals surface area contributed by atoms with Crippen molar-refractivity contribution in [3.8, 4) is 5.75 Å². The Labute approximate surface area is 195 Å². The second-order valence-electron chi connectivity index (χ2n) is 7.59. The highest BCUT2D eigenvalue weighted by molar-refractivity contribution is 9.10. The molecule has 3 aromatic rings. The van der Waals surface area contributed by atoms with Gasteiger partial charge in [0.2, 0.25) is 0 Å². The lowest BCUT2D eigenvalue weighted by atomic mass is 9.81. The van der Waals surface area contributed by atoms with Gasteiger partial charge in [-0.2, -0.15) is 5.10 Å². The van der Waals surface area contributed by atoms with Crippen LogP contribution in [0, 0.1) is 0 Å². The molecule has 0 aliphatic carbocycles. The van der Waals surface area contributed by atoms with Crippen LogP contribution >= 0.6 is 40.7 Å². The van der Waals surface area contributed by atoms with Gasteiger partial charge >= 0.3 is 0 Å². The largest absolute Gasteiger partial charge is 0.487 e. The number of nitrogens with zero attached hydrogens (tertiary/aromatic N) is 1. The first-order valence-corrected chi connectivity index (χ1v) is 10.4. The summed E-state index contributed by atoms with van der Waals surface area (Å²) in [5.74, 6) is 0.762. The van der Waals surface area contributed by atoms with E-state index in [-0.39, 0.29) is 42.4 Å². The van der Waals surface area contributed by atoms with Crippen LogP contribution in [0.2, 0.25) is 0 Å². The third-order valence-electron chi connectivity index (χ3n) is 5.79. The van der Waals surface area contributed by atoms with Gasteiger partial charge in [0.05, 0.1) is 23.3 Å². The van der Waals surface area contributed by atoms with E-state index in [2.05, 4.69) is 36.8 Å². The molecule has 2 aliphatic rings. The molecule has 2 aliphatic heterocycles. The van der Waals surface area contributed by atoms with E-state index in [0.717, 1.165) is 59.0 Å². The Balaban J connectivity index is 0.00000128. The van der Waals surface area contributed by atoms with E-state index in [1.165, 1.54) is 0 Å². The highest BCUT2D eigenvalue weighted by Crippen LogP contribution is 2.44. The minimum Gasteiger partial charge on any atom is -0.487 e. The van der Waals surface area contributed by atoms with E-state index in [1.807, 2.05) is 36.4 Å². The van der Waals surface area contributed by atoms with Gasteiger partial charge in [0.25, 0.3) is 5.91 Å². The molecule has 3 N–H and O–H groups in total. The molecule has 1 aromatic heterocycles. The number of amides is 1. The number of piperidine rings is 1. The Morgan fingerprint density at radius 2 is 2.00 bits per heavy atom. The van der Waals surface area contributed by atoms with Crippen molar-refractivity contribution in [2.45, 2.75) is 30.9 Å². The minimum atomic E-state index is -0.232. The van der Waals surface area contributed by atoms with E-state index in [0.29, 0.717) is 5.56 Å². The molecule has 0 bridgehead atoms. The molecule has 3 heterocycles. The topological polar surface area (TPSA) is 79.0 Å². The number of ether oxygens (including phenoxy) is 1. The molecule has 5 rings (SSSR count). The van der Waals surface area contributed by atoms with Crippen LogP contribution in [-0.2, 0) is 0 Å². The van der Waals surface area contributed by atoms with Gasteiger partial charge in [-0.15, -0.1) is 24.8 Å². The number of fused-ring (bicyclic) bond motifs is 2. The summed E-state index contributed by atoms with van der Waals surface area (Å²) in [7, 11) is 0. The summed E-state index contributed by atoms with van der Waals surface area (Å²) in [4.78, 5) is 13.2. The van der Waals surface area contributed by atoms with Crippen LogP contribution in [0.3, 0.4) is 0 Å². The maximum atomic E-state index is 13.2. The SMILES string of the molecule is Cl.Cl.O=C(NC1CC2(CCNCC2)Oc2ccc(Br)cc21)c1cccc2cn[nH]c12. The summed E-state index contributed by atoms with van der Waals surface area (Å²) in [6, 6.07) is 11.6. The van der Waals surface area contributed by atoms with E-state index in [9.17, 15) is 4.79 Å². The summed E-state index contributed by atoms with van der Waals surface area (Å²) in [6.07, 6.45) is 4.37. The summed E-state index contributed by atoms with van der Waals surface area (Å²) in [5.41, 5.74) is 2.16. The van der Waals surface area contributed by atoms with Crippen molar-refractivity contribution in [1.82, 2.24) is 20.8 Å². The monoisotopic (exact) mass is 512 g/mol. The lowest BCUT2D eigenvalue weighted by Gasteiger charge is -2.44. The average Bonchev–Trinajstić information content (AvgIpc) is 3.18. The second-order valence-corrected chi connectivity index (χ2v) is 8.50. The molecule has 9 heteroatoms. The van der Waals surface area contributed by atoms with E-state index in [4.69, 9.17) is 4.74 Å². The molecule has 6 nitrogen and oxygen atoms in total. The van der Waals surface area contributed by atoms with Crippen LogP contribution in [-0.4, -0.2) is 34.8 Å². The summed E-state index contributed by atoms with van der Waals surface area (Å²) < 4.78 is 7.44. The van der Waals surface area contributed by atoms with Gasteiger partial charge in [-0.25, -0.2) is 0 Å². The number of para-hydroxylation sites is 1. The number of nitrogens with one attached hydrogen (secondary N) is 3. The van der Waals surface area contributed by atoms with Gasteiger partial charge in [-0.1, -0.05) is 28.1 Å². The van der Waals surface area contributed by atoms with Crippen molar-refractivity contribution in [2.24, 2.45) is 0 Å². The van der Waals surface area contributed by atoms with Crippen LogP contribution in [0.1, 0.15) is 41.2 Å². The molecule has 160 valence electrons. The molecule has 0 saturated carbocycles. The van der Waals surface area contributed by atoms with Crippen LogP contribution in [0.4, 0.5) is 0 Å². The molecule has 1 saturated heterocycles. The van der Waals surface area contributed by atoms with Crippen molar-refractivity contribution in [1.29, 1.82) is 0 Å². The molecule has 0 radical (unpaired) electrons. The van der Waals surface area contributed by atoms with Crippen molar-refractivity contribution >= 4 is 57.6 Å². The Bertz CT molecular complexity index is 1050. The zero-order valence-electron chi connectivity index (χ0n) is 16.1. The minimum absolute atomic E-state index is 0. The maximum absolute atomic E-state index is 13.2. The number of benzene rings is 2. The van der Waals surface area contributed by atoms with Crippen LogP contribution in [0.15, 0.2) is 47.1 Å². The van der Waals surface area contributed by atoms with Gasteiger partial charge in [0.1, 0.15) is 11.4 Å². The predicted octanol–water partition coefficient (Wildman–Crippen LogP) is 4.54. The number of halogens is 3. The number of carbonyl (C=O) groups is 1. The summed E-state index contributed by atoms with van der Waals surface area (Å²) >= 11 is 3.55. The van der Waals surface area contributed by atoms with Gasteiger partial charge in [0.15, 0.2) is 0 Å². The third-order valence-corrected chi connectivity index (χ3v) is 6.28. The third kappa shape index (κ3) is 4.17. The second kappa shape index (κ2) is 9.14. The van der Waals surface area contributed by atoms with Crippen LogP contribution < -0.4 is 15.4 Å². The number of hydrogen-bond donors (Lipinski definition) is 3. The van der Waals surface area contributed by atoms with Crippen molar-refractivity contribution in [3.05, 3.63) is 58.2 Å². The summed E-state index contributed by atoms with van der Waals surface area (Å²) in [5, 5.41) is 14.6. The maximum Gasteiger partial charge on any atom is 0.253 e. The number of rotatable bonds is 2. The molecule has 30 heavy (non-hydrogen) atoms. The normalized spacial score (nSPS) is 19.2. The lowest BCUT2D eigenvalue weighted by Crippen LogP contribution is -2.51. The molecule has 1 spiro atoms. The van der Waals surface area contributed by atoms with E-state index in [1.54, 1.807) is 6.20 Å². The van der Waals surface area contributed by atoms with Crippen LogP contribution in [0.25, 0.3) is 10.9 Å². The molecule has 2 aromatic carbocycles. The first kappa shape index (κ1) is 22.9. The highest BCUT2D eigenvalue weighted by Gasteiger charge is 2.42. The molecule has 1 amide bonds. The number of hydrogen-bond acceptors (Lipinski definition) is 4. The quantitative estimate of drug-likeness (QED) is 0.470. The number of H-pyrrole nitrogens is 1.